The van der Waals surface area contributed by atoms with E-state index in [1.54, 1.807) is 20.8 Å². The van der Waals surface area contributed by atoms with Gasteiger partial charge in [-0.3, -0.25) is 13.6 Å². The molecule has 1 saturated heterocycles. The molecule has 23 heavy (non-hydrogen) atoms. The second-order valence-corrected chi connectivity index (χ2v) is 6.36. The highest BCUT2D eigenvalue weighted by atomic mass is 31.2. The summed E-state index contributed by atoms with van der Waals surface area (Å²) in [6, 6.07) is 0. The summed E-state index contributed by atoms with van der Waals surface area (Å²) in [6.07, 6.45) is -0.455. The molecular formula is C12H20N3O7P. The van der Waals surface area contributed by atoms with Crippen LogP contribution in [-0.2, 0) is 23.1 Å². The molecule has 1 aromatic rings. The fourth-order valence-electron chi connectivity index (χ4n) is 2.10. The number of nitrogen functional groups attached to an aromatic ring is 1. The van der Waals surface area contributed by atoms with E-state index in [1.165, 1.54) is 10.9 Å². The van der Waals surface area contributed by atoms with Gasteiger partial charge < -0.3 is 20.1 Å². The number of phosphoric ester groups is 1. The van der Waals surface area contributed by atoms with E-state index in [4.69, 9.17) is 24.3 Å². The highest BCUT2D eigenvalue weighted by Crippen LogP contribution is 2.48. The second kappa shape index (κ2) is 6.98. The Bertz CT molecular complexity index is 620. The summed E-state index contributed by atoms with van der Waals surface area (Å²) in [5, 5.41) is 0. The monoisotopic (exact) mass is 349 g/mol. The van der Waals surface area contributed by atoms with Crippen LogP contribution >= 0.6 is 7.82 Å². The summed E-state index contributed by atoms with van der Waals surface area (Å²) in [7, 11) is -4.01. The van der Waals surface area contributed by atoms with Crippen molar-refractivity contribution in [3.8, 4) is 0 Å². The van der Waals surface area contributed by atoms with Gasteiger partial charge in [-0.25, -0.2) is 14.3 Å². The molecule has 0 saturated carbocycles. The number of nitrogens with zero attached hydrogens (tertiary/aromatic N) is 2. The first-order valence-electron chi connectivity index (χ1n) is 7.05. The zero-order valence-electron chi connectivity index (χ0n) is 13.0. The molecule has 0 aromatic carbocycles. The van der Waals surface area contributed by atoms with E-state index in [0.717, 1.165) is 0 Å². The Morgan fingerprint density at radius 3 is 3.00 bits per heavy atom. The predicted octanol–water partition coefficient (Wildman–Crippen LogP) is 1.08. The minimum atomic E-state index is -4.01. The Labute approximate surface area is 133 Å². The van der Waals surface area contributed by atoms with E-state index in [0.29, 0.717) is 0 Å². The van der Waals surface area contributed by atoms with Crippen molar-refractivity contribution in [3.63, 3.8) is 0 Å². The average molecular weight is 349 g/mol. The Morgan fingerprint density at radius 1 is 1.70 bits per heavy atom. The minimum Gasteiger partial charge on any atom is -0.461 e. The normalized spacial score (nSPS) is 29.2. The molecule has 0 aliphatic carbocycles. The molecule has 10 nitrogen and oxygen atoms in total. The molecule has 1 unspecified atom stereocenters. The fraction of sp³-hybridized carbons (Fsp3) is 0.667. The number of hydrogen-bond donors (Lipinski definition) is 2. The summed E-state index contributed by atoms with van der Waals surface area (Å²) >= 11 is 0. The SMILES string of the molecule is CCOC(=O)c1ncn([C@@H](C)O[C@@H]2COP(=O)(O)O[C@H]2C)c1N. The zero-order chi connectivity index (χ0) is 17.2. The van der Waals surface area contributed by atoms with Gasteiger partial charge in [0, 0.05) is 0 Å². The molecule has 0 bridgehead atoms. The Hall–Kier alpha value is -1.45. The van der Waals surface area contributed by atoms with Crippen LogP contribution in [0.25, 0.3) is 0 Å². The average Bonchev–Trinajstić information content (AvgIpc) is 2.83. The lowest BCUT2D eigenvalue weighted by Crippen LogP contribution is -2.38. The summed E-state index contributed by atoms with van der Waals surface area (Å²) < 4.78 is 32.9. The van der Waals surface area contributed by atoms with Gasteiger partial charge in [-0.15, -0.1) is 0 Å². The van der Waals surface area contributed by atoms with Crippen LogP contribution in [0.1, 0.15) is 37.5 Å². The first-order valence-corrected chi connectivity index (χ1v) is 8.55. The van der Waals surface area contributed by atoms with Crippen LogP contribution < -0.4 is 5.73 Å². The molecule has 4 atom stereocenters. The number of hydrogen-bond acceptors (Lipinski definition) is 8. The van der Waals surface area contributed by atoms with Crippen LogP contribution in [0.3, 0.4) is 0 Å². The number of phosphoric acid groups is 1. The quantitative estimate of drug-likeness (QED) is 0.591. The molecule has 2 heterocycles. The van der Waals surface area contributed by atoms with Crippen LogP contribution in [0.5, 0.6) is 0 Å². The lowest BCUT2D eigenvalue weighted by atomic mass is 10.2. The number of carbonyl (C=O) groups excluding carboxylic acids is 1. The smallest absolute Gasteiger partial charge is 0.461 e. The maximum atomic E-state index is 11.7. The van der Waals surface area contributed by atoms with E-state index in [1.807, 2.05) is 0 Å². The Kier molecular flexibility index (Phi) is 5.43. The molecule has 1 fully saturated rings. The van der Waals surface area contributed by atoms with Crippen molar-refractivity contribution in [1.82, 2.24) is 9.55 Å². The minimum absolute atomic E-state index is 0.00588. The molecule has 0 spiro atoms. The molecule has 0 radical (unpaired) electrons. The van der Waals surface area contributed by atoms with Crippen molar-refractivity contribution in [1.29, 1.82) is 0 Å². The van der Waals surface area contributed by atoms with Gasteiger partial charge in [-0.05, 0) is 20.8 Å². The van der Waals surface area contributed by atoms with Gasteiger partial charge in [-0.2, -0.15) is 0 Å². The fourth-order valence-corrected chi connectivity index (χ4v) is 3.05. The molecule has 130 valence electrons. The van der Waals surface area contributed by atoms with E-state index in [9.17, 15) is 14.3 Å². The summed E-state index contributed by atoms with van der Waals surface area (Å²) in [5.41, 5.74) is 5.90. The van der Waals surface area contributed by atoms with Crippen molar-refractivity contribution in [2.24, 2.45) is 0 Å². The lowest BCUT2D eigenvalue weighted by molar-refractivity contribution is -0.129. The topological polar surface area (TPSA) is 135 Å². The van der Waals surface area contributed by atoms with Gasteiger partial charge in [-0.1, -0.05) is 0 Å². The Balaban J connectivity index is 2.05. The maximum absolute atomic E-state index is 11.7. The number of anilines is 1. The number of carbonyl (C=O) groups is 1. The van der Waals surface area contributed by atoms with Crippen LogP contribution in [0.15, 0.2) is 6.33 Å². The van der Waals surface area contributed by atoms with Gasteiger partial charge in [0.15, 0.2) is 5.69 Å². The van der Waals surface area contributed by atoms with Crippen LogP contribution in [0.2, 0.25) is 0 Å². The van der Waals surface area contributed by atoms with E-state index in [2.05, 4.69) is 4.98 Å². The van der Waals surface area contributed by atoms with E-state index >= 15 is 0 Å². The number of imidazole rings is 1. The summed E-state index contributed by atoms with van der Waals surface area (Å²) in [4.78, 5) is 24.9. The zero-order valence-corrected chi connectivity index (χ0v) is 13.9. The molecule has 1 aliphatic rings. The molecule has 2 rings (SSSR count). The van der Waals surface area contributed by atoms with Gasteiger partial charge in [0.25, 0.3) is 0 Å². The highest BCUT2D eigenvalue weighted by Gasteiger charge is 2.37. The van der Waals surface area contributed by atoms with Crippen molar-refractivity contribution in [2.75, 3.05) is 18.9 Å². The van der Waals surface area contributed by atoms with Crippen molar-refractivity contribution >= 4 is 19.6 Å². The van der Waals surface area contributed by atoms with Crippen LogP contribution in [0.4, 0.5) is 5.82 Å². The number of aromatic nitrogens is 2. The van der Waals surface area contributed by atoms with Crippen molar-refractivity contribution in [2.45, 2.75) is 39.2 Å². The lowest BCUT2D eigenvalue weighted by Gasteiger charge is -2.33. The number of rotatable bonds is 5. The first-order chi connectivity index (χ1) is 10.7. The molecule has 3 N–H and O–H groups in total. The maximum Gasteiger partial charge on any atom is 0.472 e. The van der Waals surface area contributed by atoms with Crippen molar-refractivity contribution < 1.29 is 32.8 Å². The molecule has 11 heteroatoms. The molecular weight excluding hydrogens is 329 g/mol. The summed E-state index contributed by atoms with van der Waals surface area (Å²) in [6.45, 7) is 5.09. The highest BCUT2D eigenvalue weighted by molar-refractivity contribution is 7.47. The summed E-state index contributed by atoms with van der Waals surface area (Å²) in [5.74, 6) is -0.510. The first kappa shape index (κ1) is 17.9. The third kappa shape index (κ3) is 4.10. The largest absolute Gasteiger partial charge is 0.472 e. The molecule has 1 aromatic heterocycles. The van der Waals surface area contributed by atoms with Crippen molar-refractivity contribution in [3.05, 3.63) is 12.0 Å². The third-order valence-electron chi connectivity index (χ3n) is 3.29. The molecule has 0 amide bonds. The van der Waals surface area contributed by atoms with Gasteiger partial charge in [0.2, 0.25) is 0 Å². The van der Waals surface area contributed by atoms with E-state index < -0.39 is 32.2 Å². The predicted molar refractivity (Wildman–Crippen MR) is 78.5 cm³/mol. The van der Waals surface area contributed by atoms with Crippen LogP contribution in [0, 0.1) is 0 Å². The van der Waals surface area contributed by atoms with Gasteiger partial charge in [0.05, 0.1) is 25.6 Å². The van der Waals surface area contributed by atoms with Gasteiger partial charge >= 0.3 is 13.8 Å². The number of nitrogens with two attached hydrogens (primary N) is 1. The Morgan fingerprint density at radius 2 is 2.39 bits per heavy atom. The number of esters is 1. The number of ether oxygens (including phenoxy) is 2. The second-order valence-electron chi connectivity index (χ2n) is 4.95. The van der Waals surface area contributed by atoms with E-state index in [-0.39, 0.29) is 24.7 Å². The molecule has 1 aliphatic heterocycles. The third-order valence-corrected chi connectivity index (χ3v) is 4.36. The standard InChI is InChI=1S/C12H20N3O7P/c1-4-19-12(16)10-11(13)15(6-14-10)8(3)21-9-5-20-23(17,18)22-7(9)2/h6-9H,4-5,13H2,1-3H3,(H,17,18)/t7-,8+,9+/m0/s1. The van der Waals surface area contributed by atoms with Gasteiger partial charge in [0.1, 0.15) is 18.1 Å². The van der Waals surface area contributed by atoms with Crippen LogP contribution in [-0.4, -0.2) is 45.8 Å².